The van der Waals surface area contributed by atoms with E-state index < -0.39 is 0 Å². The number of aromatic nitrogens is 2. The first-order valence-electron chi connectivity index (χ1n) is 10.8. The van der Waals surface area contributed by atoms with Gasteiger partial charge in [0, 0.05) is 17.3 Å². The second-order valence-electron chi connectivity index (χ2n) is 8.36. The third kappa shape index (κ3) is 3.54. The Balaban J connectivity index is 1.85. The lowest BCUT2D eigenvalue weighted by Gasteiger charge is -2.45. The molecule has 2 aromatic rings. The van der Waals surface area contributed by atoms with Gasteiger partial charge in [0.05, 0.1) is 26.1 Å². The number of hydrogen-bond acceptors (Lipinski definition) is 5. The van der Waals surface area contributed by atoms with Crippen molar-refractivity contribution < 1.29 is 4.74 Å². The summed E-state index contributed by atoms with van der Waals surface area (Å²) in [7, 11) is 1.69. The summed E-state index contributed by atoms with van der Waals surface area (Å²) >= 11 is 0. The second-order valence-corrected chi connectivity index (χ2v) is 8.36. The summed E-state index contributed by atoms with van der Waals surface area (Å²) in [6, 6.07) is 8.47. The zero-order chi connectivity index (χ0) is 20.5. The third-order valence-electron chi connectivity index (χ3n) is 6.60. The molecule has 1 aromatic carbocycles. The molecule has 2 atom stereocenters. The number of methoxy groups -OCH3 is 1. The maximum absolute atomic E-state index is 13.3. The van der Waals surface area contributed by atoms with Crippen LogP contribution in [-0.4, -0.2) is 34.3 Å². The first-order chi connectivity index (χ1) is 14.0. The van der Waals surface area contributed by atoms with Crippen LogP contribution in [0.5, 0.6) is 5.75 Å². The molecule has 0 bridgehead atoms. The van der Waals surface area contributed by atoms with Crippen molar-refractivity contribution in [1.82, 2.24) is 14.5 Å². The summed E-state index contributed by atoms with van der Waals surface area (Å²) in [6.45, 7) is 7.64. The van der Waals surface area contributed by atoms with Crippen molar-refractivity contribution in [2.75, 3.05) is 18.7 Å². The van der Waals surface area contributed by atoms with Crippen LogP contribution >= 0.6 is 0 Å². The molecule has 1 saturated carbocycles. The number of anilines is 2. The Labute approximate surface area is 173 Å². The molecule has 4 rings (SSSR count). The Morgan fingerprint density at radius 3 is 2.66 bits per heavy atom. The Morgan fingerprint density at radius 1 is 1.17 bits per heavy atom. The van der Waals surface area contributed by atoms with Gasteiger partial charge in [0.2, 0.25) is 5.95 Å². The molecule has 0 radical (unpaired) electrons. The lowest BCUT2D eigenvalue weighted by molar-refractivity contribution is 0.0722. The fourth-order valence-corrected chi connectivity index (χ4v) is 4.98. The number of hydrogen-bond donors (Lipinski definition) is 0. The number of aryl methyl sites for hydroxylation is 1. The van der Waals surface area contributed by atoms with Crippen LogP contribution in [0.4, 0.5) is 11.6 Å². The molecule has 0 N–H and O–H groups in total. The molecule has 1 aromatic heterocycles. The molecular weight excluding hydrogens is 364 g/mol. The van der Waals surface area contributed by atoms with E-state index >= 15 is 0 Å². The molecule has 1 aliphatic carbocycles. The van der Waals surface area contributed by atoms with Gasteiger partial charge in [0.25, 0.3) is 5.56 Å². The number of ether oxygens (including phenoxy) is 1. The Morgan fingerprint density at radius 2 is 1.93 bits per heavy atom. The van der Waals surface area contributed by atoms with E-state index in [0.29, 0.717) is 37.7 Å². The van der Waals surface area contributed by atoms with E-state index in [1.54, 1.807) is 7.11 Å². The molecule has 0 saturated heterocycles. The van der Waals surface area contributed by atoms with E-state index in [2.05, 4.69) is 16.7 Å². The summed E-state index contributed by atoms with van der Waals surface area (Å²) in [5.74, 6) is 2.14. The number of benzene rings is 1. The van der Waals surface area contributed by atoms with Gasteiger partial charge in [-0.25, -0.2) is 4.98 Å². The summed E-state index contributed by atoms with van der Waals surface area (Å²) in [6.07, 6.45) is 5.70. The normalized spacial score (nSPS) is 22.4. The van der Waals surface area contributed by atoms with Crippen LogP contribution in [0.2, 0.25) is 0 Å². The molecule has 1 fully saturated rings. The molecule has 6 nitrogen and oxygen atoms in total. The van der Waals surface area contributed by atoms with Gasteiger partial charge in [-0.3, -0.25) is 19.2 Å². The number of fused-ring (bicyclic) bond motifs is 1. The molecule has 2 unspecified atom stereocenters. The highest BCUT2D eigenvalue weighted by molar-refractivity contribution is 5.66. The molecule has 156 valence electrons. The fourth-order valence-electron chi connectivity index (χ4n) is 4.98. The molecule has 29 heavy (non-hydrogen) atoms. The largest absolute Gasteiger partial charge is 0.495 e. The van der Waals surface area contributed by atoms with Crippen molar-refractivity contribution in [3.05, 3.63) is 45.9 Å². The van der Waals surface area contributed by atoms with Crippen LogP contribution in [-0.2, 0) is 13.1 Å². The number of nitrogens with zero attached hydrogens (tertiary/aromatic N) is 4. The first kappa shape index (κ1) is 20.0. The Bertz CT molecular complexity index is 939. The zero-order valence-corrected chi connectivity index (χ0v) is 18.0. The maximum Gasteiger partial charge on any atom is 0.259 e. The van der Waals surface area contributed by atoms with Gasteiger partial charge in [0.15, 0.2) is 0 Å². The summed E-state index contributed by atoms with van der Waals surface area (Å²) in [4.78, 5) is 22.8. The van der Waals surface area contributed by atoms with Gasteiger partial charge in [-0.15, -0.1) is 0 Å². The van der Waals surface area contributed by atoms with Crippen molar-refractivity contribution in [3.63, 3.8) is 0 Å². The smallest absolute Gasteiger partial charge is 0.259 e. The van der Waals surface area contributed by atoms with Crippen LogP contribution in [0.25, 0.3) is 0 Å². The highest BCUT2D eigenvalue weighted by Crippen LogP contribution is 2.37. The summed E-state index contributed by atoms with van der Waals surface area (Å²) in [5.41, 5.74) is 2.67. The minimum absolute atomic E-state index is 0.0862. The number of para-hydroxylation sites is 2. The van der Waals surface area contributed by atoms with Gasteiger partial charge >= 0.3 is 0 Å². The fraction of sp³-hybridized carbons (Fsp3) is 0.565. The Kier molecular flexibility index (Phi) is 5.63. The van der Waals surface area contributed by atoms with Gasteiger partial charge in [0.1, 0.15) is 5.75 Å². The van der Waals surface area contributed by atoms with Gasteiger partial charge < -0.3 is 4.74 Å². The number of rotatable bonds is 4. The van der Waals surface area contributed by atoms with E-state index in [4.69, 9.17) is 9.72 Å². The van der Waals surface area contributed by atoms with Crippen molar-refractivity contribution in [2.24, 2.45) is 5.92 Å². The SMILES string of the molecule is CCc1c(C)nc2n(c1=O)CN(C1CCCCC1C)CN2c1ccccc1OC. The monoisotopic (exact) mass is 396 g/mol. The van der Waals surface area contributed by atoms with Crippen LogP contribution in [0, 0.1) is 12.8 Å². The maximum atomic E-state index is 13.3. The molecule has 6 heteroatoms. The highest BCUT2D eigenvalue weighted by Gasteiger charge is 2.35. The predicted octanol–water partition coefficient (Wildman–Crippen LogP) is 4.07. The lowest BCUT2D eigenvalue weighted by atomic mass is 9.85. The van der Waals surface area contributed by atoms with Crippen molar-refractivity contribution in [1.29, 1.82) is 0 Å². The second kappa shape index (κ2) is 8.19. The van der Waals surface area contributed by atoms with Crippen molar-refractivity contribution >= 4 is 11.6 Å². The minimum atomic E-state index is 0.0862. The van der Waals surface area contributed by atoms with E-state index in [1.807, 2.05) is 42.7 Å². The van der Waals surface area contributed by atoms with E-state index in [1.165, 1.54) is 25.7 Å². The zero-order valence-electron chi connectivity index (χ0n) is 18.0. The quantitative estimate of drug-likeness (QED) is 0.780. The predicted molar refractivity (Wildman–Crippen MR) is 116 cm³/mol. The summed E-state index contributed by atoms with van der Waals surface area (Å²) in [5, 5.41) is 0. The van der Waals surface area contributed by atoms with Gasteiger partial charge in [-0.1, -0.05) is 38.8 Å². The standard InChI is InChI=1S/C23H32N4O2/c1-5-18-17(3)24-23-26(20-12-8-9-13-21(20)29-4)14-25(15-27(23)22(18)28)19-11-7-6-10-16(19)2/h8-9,12-13,16,19H,5-7,10-11,14-15H2,1-4H3. The molecular formula is C23H32N4O2. The lowest BCUT2D eigenvalue weighted by Crippen LogP contribution is -2.53. The molecule has 0 amide bonds. The van der Waals surface area contributed by atoms with E-state index in [9.17, 15) is 4.79 Å². The van der Waals surface area contributed by atoms with Crippen LogP contribution in [0.15, 0.2) is 29.1 Å². The summed E-state index contributed by atoms with van der Waals surface area (Å²) < 4.78 is 7.51. The first-order valence-corrected chi connectivity index (χ1v) is 10.8. The molecule has 1 aliphatic heterocycles. The van der Waals surface area contributed by atoms with Crippen molar-refractivity contribution in [3.8, 4) is 5.75 Å². The molecule has 2 aliphatic rings. The minimum Gasteiger partial charge on any atom is -0.495 e. The molecule has 2 heterocycles. The third-order valence-corrected chi connectivity index (χ3v) is 6.60. The van der Waals surface area contributed by atoms with Crippen LogP contribution in [0.1, 0.15) is 50.8 Å². The van der Waals surface area contributed by atoms with Gasteiger partial charge in [-0.2, -0.15) is 0 Å². The van der Waals surface area contributed by atoms with Crippen molar-refractivity contribution in [2.45, 2.75) is 65.6 Å². The average molecular weight is 397 g/mol. The van der Waals surface area contributed by atoms with Crippen LogP contribution in [0.3, 0.4) is 0 Å². The van der Waals surface area contributed by atoms with Crippen LogP contribution < -0.4 is 15.2 Å². The van der Waals surface area contributed by atoms with E-state index in [0.717, 1.165) is 22.7 Å². The Hall–Kier alpha value is -2.34. The molecule has 0 spiro atoms. The van der Waals surface area contributed by atoms with E-state index in [-0.39, 0.29) is 5.56 Å². The van der Waals surface area contributed by atoms with Gasteiger partial charge in [-0.05, 0) is 44.2 Å². The highest BCUT2D eigenvalue weighted by atomic mass is 16.5. The average Bonchev–Trinajstić information content (AvgIpc) is 2.74. The topological polar surface area (TPSA) is 50.6 Å².